The summed E-state index contributed by atoms with van der Waals surface area (Å²) in [6.45, 7) is 0. The molecule has 0 saturated carbocycles. The molecule has 0 bridgehead atoms. The van der Waals surface area contributed by atoms with E-state index in [0.717, 1.165) is 27.1 Å². The van der Waals surface area contributed by atoms with Crippen LogP contribution in [0.25, 0.3) is 27.6 Å². The highest BCUT2D eigenvalue weighted by atomic mass is 16.6. The number of carbonyl (C=O) groups is 1. The van der Waals surface area contributed by atoms with Gasteiger partial charge in [-0.3, -0.25) is 10.1 Å². The van der Waals surface area contributed by atoms with Gasteiger partial charge in [0.1, 0.15) is 0 Å². The highest BCUT2D eigenvalue weighted by Gasteiger charge is 2.25. The van der Waals surface area contributed by atoms with E-state index in [0.29, 0.717) is 5.56 Å². The Labute approximate surface area is 170 Å². The first-order chi connectivity index (χ1) is 14.6. The third-order valence-corrected chi connectivity index (χ3v) is 5.04. The summed E-state index contributed by atoms with van der Waals surface area (Å²) in [6, 6.07) is 23.8. The van der Waals surface area contributed by atoms with Crippen LogP contribution in [0.1, 0.15) is 11.1 Å². The molecule has 0 radical (unpaired) electrons. The topological polar surface area (TPSA) is 81.8 Å². The third kappa shape index (κ3) is 3.00. The third-order valence-electron chi connectivity index (χ3n) is 5.04. The van der Waals surface area contributed by atoms with Crippen molar-refractivity contribution in [3.05, 3.63) is 106 Å². The molecule has 0 aromatic heterocycles. The number of aliphatic imine (C=N–C) groups is 1. The summed E-state index contributed by atoms with van der Waals surface area (Å²) < 4.78 is 5.33. The lowest BCUT2D eigenvalue weighted by Gasteiger charge is -2.08. The van der Waals surface area contributed by atoms with Crippen molar-refractivity contribution in [2.24, 2.45) is 4.99 Å². The Balaban J connectivity index is 1.64. The fourth-order valence-corrected chi connectivity index (χ4v) is 3.60. The molecule has 5 rings (SSSR count). The summed E-state index contributed by atoms with van der Waals surface area (Å²) >= 11 is 0. The second kappa shape index (κ2) is 6.93. The van der Waals surface area contributed by atoms with Crippen molar-refractivity contribution in [1.29, 1.82) is 0 Å². The van der Waals surface area contributed by atoms with Gasteiger partial charge in [0.2, 0.25) is 5.90 Å². The van der Waals surface area contributed by atoms with Crippen LogP contribution in [0, 0.1) is 10.1 Å². The van der Waals surface area contributed by atoms with E-state index >= 15 is 0 Å². The zero-order valence-electron chi connectivity index (χ0n) is 15.6. The second-order valence-electron chi connectivity index (χ2n) is 6.87. The lowest BCUT2D eigenvalue weighted by molar-refractivity contribution is -0.384. The van der Waals surface area contributed by atoms with Crippen LogP contribution in [0.5, 0.6) is 0 Å². The summed E-state index contributed by atoms with van der Waals surface area (Å²) in [4.78, 5) is 27.2. The van der Waals surface area contributed by atoms with Crippen LogP contribution in [0.15, 0.2) is 89.6 Å². The number of rotatable bonds is 3. The SMILES string of the molecule is O=C1OC(c2ccc([N+](=O)[O-])cc2)=NC1=Cc1c2ccccc2cc2ccccc12. The lowest BCUT2D eigenvalue weighted by atomic mass is 9.96. The van der Waals surface area contributed by atoms with Crippen LogP contribution >= 0.6 is 0 Å². The fraction of sp³-hybridized carbons (Fsp3) is 0. The van der Waals surface area contributed by atoms with Gasteiger partial charge >= 0.3 is 5.97 Å². The van der Waals surface area contributed by atoms with Crippen LogP contribution in [0.4, 0.5) is 5.69 Å². The highest BCUT2D eigenvalue weighted by molar-refractivity contribution is 6.15. The molecule has 6 nitrogen and oxygen atoms in total. The van der Waals surface area contributed by atoms with Crippen molar-refractivity contribution < 1.29 is 14.5 Å². The number of cyclic esters (lactones) is 1. The maximum Gasteiger partial charge on any atom is 0.363 e. The normalized spacial score (nSPS) is 14.9. The van der Waals surface area contributed by atoms with Gasteiger partial charge in [-0.2, -0.15) is 0 Å². The molecule has 0 spiro atoms. The number of nitro benzene ring substituents is 1. The largest absolute Gasteiger partial charge is 0.402 e. The van der Waals surface area contributed by atoms with E-state index in [1.807, 2.05) is 48.5 Å². The molecule has 1 heterocycles. The zero-order chi connectivity index (χ0) is 20.7. The molecule has 1 aliphatic heterocycles. The monoisotopic (exact) mass is 394 g/mol. The Morgan fingerprint density at radius 3 is 2.07 bits per heavy atom. The summed E-state index contributed by atoms with van der Waals surface area (Å²) in [5.41, 5.74) is 1.54. The predicted octanol–water partition coefficient (Wildman–Crippen LogP) is 5.25. The number of nitro groups is 1. The number of carbonyl (C=O) groups excluding carboxylic acids is 1. The minimum absolute atomic E-state index is 0.0401. The van der Waals surface area contributed by atoms with E-state index in [2.05, 4.69) is 11.1 Å². The van der Waals surface area contributed by atoms with Gasteiger partial charge in [0.15, 0.2) is 5.70 Å². The van der Waals surface area contributed by atoms with E-state index in [4.69, 9.17) is 4.74 Å². The number of non-ortho nitro benzene ring substituents is 1. The summed E-state index contributed by atoms with van der Waals surface area (Å²) in [5, 5.41) is 15.0. The van der Waals surface area contributed by atoms with Gasteiger partial charge in [0.05, 0.1) is 4.92 Å². The molecule has 6 heteroatoms. The Morgan fingerprint density at radius 1 is 0.867 bits per heavy atom. The van der Waals surface area contributed by atoms with Gasteiger partial charge < -0.3 is 4.74 Å². The van der Waals surface area contributed by atoms with Crippen molar-refractivity contribution in [3.8, 4) is 0 Å². The molecule has 0 fully saturated rings. The first-order valence-corrected chi connectivity index (χ1v) is 9.28. The maximum absolute atomic E-state index is 12.5. The average Bonchev–Trinajstić information content (AvgIpc) is 3.14. The standard InChI is InChI=1S/C24H14N2O4/c27-24-22(25-23(30-24)15-9-11-18(12-10-15)26(28)29)14-21-19-7-3-1-5-16(19)13-17-6-2-4-8-20(17)21/h1-14H. The minimum Gasteiger partial charge on any atom is -0.402 e. The van der Waals surface area contributed by atoms with Crippen LogP contribution in [0.2, 0.25) is 0 Å². The molecule has 0 aliphatic carbocycles. The number of hydrogen-bond acceptors (Lipinski definition) is 5. The molecule has 4 aromatic rings. The number of ether oxygens (including phenoxy) is 1. The summed E-state index contributed by atoms with van der Waals surface area (Å²) in [5.74, 6) is -0.425. The maximum atomic E-state index is 12.5. The van der Waals surface area contributed by atoms with Crippen molar-refractivity contribution >= 4 is 45.2 Å². The van der Waals surface area contributed by atoms with Crippen molar-refractivity contribution in [2.45, 2.75) is 0 Å². The molecule has 30 heavy (non-hydrogen) atoms. The lowest BCUT2D eigenvalue weighted by Crippen LogP contribution is -2.05. The zero-order valence-corrected chi connectivity index (χ0v) is 15.6. The first kappa shape index (κ1) is 17.8. The Hall–Kier alpha value is -4.32. The Morgan fingerprint density at radius 2 is 1.47 bits per heavy atom. The summed E-state index contributed by atoms with van der Waals surface area (Å²) in [7, 11) is 0. The molecule has 0 unspecified atom stereocenters. The molecule has 0 saturated heterocycles. The van der Waals surface area contributed by atoms with Crippen molar-refractivity contribution in [1.82, 2.24) is 0 Å². The molecule has 0 N–H and O–H groups in total. The van der Waals surface area contributed by atoms with Crippen molar-refractivity contribution in [2.75, 3.05) is 0 Å². The number of fused-ring (bicyclic) bond motifs is 2. The van der Waals surface area contributed by atoms with E-state index in [1.54, 1.807) is 6.08 Å². The Bertz CT molecular complexity index is 1350. The number of nitrogens with zero attached hydrogens (tertiary/aromatic N) is 2. The predicted molar refractivity (Wildman–Crippen MR) is 115 cm³/mol. The number of esters is 1. The molecule has 4 aromatic carbocycles. The van der Waals surface area contributed by atoms with Gasteiger partial charge in [-0.25, -0.2) is 9.79 Å². The summed E-state index contributed by atoms with van der Waals surface area (Å²) in [6.07, 6.45) is 1.74. The first-order valence-electron chi connectivity index (χ1n) is 9.28. The van der Waals surface area contributed by atoms with E-state index in [9.17, 15) is 14.9 Å². The van der Waals surface area contributed by atoms with Gasteiger partial charge in [-0.1, -0.05) is 48.5 Å². The van der Waals surface area contributed by atoms with Crippen LogP contribution in [-0.4, -0.2) is 16.8 Å². The quantitative estimate of drug-likeness (QED) is 0.156. The van der Waals surface area contributed by atoms with Gasteiger partial charge in [-0.05, 0) is 51.4 Å². The Kier molecular flexibility index (Phi) is 4.10. The molecule has 1 aliphatic rings. The van der Waals surface area contributed by atoms with Gasteiger partial charge in [-0.15, -0.1) is 0 Å². The van der Waals surface area contributed by atoms with Crippen LogP contribution in [-0.2, 0) is 9.53 Å². The average molecular weight is 394 g/mol. The number of hydrogen-bond donors (Lipinski definition) is 0. The van der Waals surface area contributed by atoms with Crippen molar-refractivity contribution in [3.63, 3.8) is 0 Å². The smallest absolute Gasteiger partial charge is 0.363 e. The fourth-order valence-electron chi connectivity index (χ4n) is 3.60. The molecular weight excluding hydrogens is 380 g/mol. The van der Waals surface area contributed by atoms with Crippen LogP contribution in [0.3, 0.4) is 0 Å². The van der Waals surface area contributed by atoms with E-state index < -0.39 is 10.9 Å². The molecule has 0 atom stereocenters. The van der Waals surface area contributed by atoms with E-state index in [-0.39, 0.29) is 17.3 Å². The second-order valence-corrected chi connectivity index (χ2v) is 6.87. The molecule has 144 valence electrons. The molecule has 0 amide bonds. The van der Waals surface area contributed by atoms with E-state index in [1.165, 1.54) is 24.3 Å². The highest BCUT2D eigenvalue weighted by Crippen LogP contribution is 2.31. The molecular formula is C24H14N2O4. The van der Waals surface area contributed by atoms with Crippen LogP contribution < -0.4 is 0 Å². The van der Waals surface area contributed by atoms with Gasteiger partial charge in [0, 0.05) is 17.7 Å². The number of benzene rings is 4. The minimum atomic E-state index is -0.555. The van der Waals surface area contributed by atoms with Gasteiger partial charge in [0.25, 0.3) is 5.69 Å².